The van der Waals surface area contributed by atoms with Gasteiger partial charge in [-0.1, -0.05) is 25.2 Å². The first-order valence-corrected chi connectivity index (χ1v) is 6.10. The van der Waals surface area contributed by atoms with Gasteiger partial charge < -0.3 is 4.74 Å². The van der Waals surface area contributed by atoms with Crippen LogP contribution in [-0.2, 0) is 9.53 Å². The van der Waals surface area contributed by atoms with Crippen molar-refractivity contribution in [3.8, 4) is 0 Å². The van der Waals surface area contributed by atoms with E-state index in [4.69, 9.17) is 4.74 Å². The van der Waals surface area contributed by atoms with E-state index >= 15 is 0 Å². The Morgan fingerprint density at radius 1 is 1.59 bits per heavy atom. The summed E-state index contributed by atoms with van der Waals surface area (Å²) in [6.45, 7) is 14.1. The van der Waals surface area contributed by atoms with Crippen molar-refractivity contribution in [3.05, 3.63) is 36.0 Å². The van der Waals surface area contributed by atoms with Crippen LogP contribution in [0.2, 0.25) is 0 Å². The smallest absolute Gasteiger partial charge is 0.334 e. The van der Waals surface area contributed by atoms with E-state index < -0.39 is 0 Å². The van der Waals surface area contributed by atoms with Gasteiger partial charge in [-0.15, -0.1) is 6.58 Å². The van der Waals surface area contributed by atoms with Crippen LogP contribution < -0.4 is 0 Å². The predicted molar refractivity (Wildman–Crippen MR) is 68.4 cm³/mol. The minimum Gasteiger partial charge on any atom is -0.454 e. The number of hydrogen-bond donors (Lipinski definition) is 0. The van der Waals surface area contributed by atoms with Crippen molar-refractivity contribution in [2.45, 2.75) is 39.7 Å². The monoisotopic (exact) mass is 232 g/mol. The van der Waals surface area contributed by atoms with Crippen LogP contribution in [0.5, 0.6) is 0 Å². The van der Waals surface area contributed by atoms with Crippen LogP contribution in [-0.4, -0.2) is 12.1 Å². The van der Waals surface area contributed by atoms with E-state index in [0.29, 0.717) is 0 Å². The molecule has 2 aliphatic rings. The lowest BCUT2D eigenvalue weighted by Gasteiger charge is -2.43. The van der Waals surface area contributed by atoms with Gasteiger partial charge in [0.05, 0.1) is 0 Å². The molecular formula is C15H20O2. The molecule has 0 radical (unpaired) electrons. The molecule has 1 heterocycles. The van der Waals surface area contributed by atoms with Gasteiger partial charge in [-0.25, -0.2) is 4.79 Å². The van der Waals surface area contributed by atoms with Gasteiger partial charge >= 0.3 is 5.97 Å². The molecule has 17 heavy (non-hydrogen) atoms. The number of rotatable bonds is 2. The zero-order valence-electron chi connectivity index (χ0n) is 10.9. The summed E-state index contributed by atoms with van der Waals surface area (Å²) in [4.78, 5) is 11.7. The lowest BCUT2D eigenvalue weighted by molar-refractivity contribution is -0.142. The van der Waals surface area contributed by atoms with Crippen LogP contribution in [0, 0.1) is 11.3 Å². The zero-order chi connectivity index (χ0) is 12.8. The molecule has 0 N–H and O–H groups in total. The Bertz CT molecular complexity index is 430. The van der Waals surface area contributed by atoms with Crippen molar-refractivity contribution in [3.63, 3.8) is 0 Å². The van der Waals surface area contributed by atoms with Gasteiger partial charge in [0.2, 0.25) is 0 Å². The van der Waals surface area contributed by atoms with Crippen LogP contribution in [0.4, 0.5) is 0 Å². The minimum atomic E-state index is -0.162. The van der Waals surface area contributed by atoms with Crippen molar-refractivity contribution >= 4 is 5.97 Å². The Morgan fingerprint density at radius 2 is 2.24 bits per heavy atom. The molecule has 0 aromatic carbocycles. The van der Waals surface area contributed by atoms with Gasteiger partial charge in [0.1, 0.15) is 6.10 Å². The number of hydrogen-bond acceptors (Lipinski definition) is 2. The Balaban J connectivity index is 2.45. The molecule has 0 saturated heterocycles. The Kier molecular flexibility index (Phi) is 2.76. The fourth-order valence-electron chi connectivity index (χ4n) is 3.17. The number of carbonyl (C=O) groups is 1. The molecule has 1 saturated carbocycles. The fourth-order valence-corrected chi connectivity index (χ4v) is 3.17. The second kappa shape index (κ2) is 3.86. The van der Waals surface area contributed by atoms with Gasteiger partial charge in [0.15, 0.2) is 0 Å². The van der Waals surface area contributed by atoms with Crippen molar-refractivity contribution in [1.82, 2.24) is 0 Å². The maximum atomic E-state index is 11.7. The first kappa shape index (κ1) is 12.2. The molecule has 2 rings (SSSR count). The summed E-state index contributed by atoms with van der Waals surface area (Å²) in [5.41, 5.74) is 3.01. The number of carbonyl (C=O) groups excluding carboxylic acids is 1. The molecule has 1 aliphatic heterocycles. The second-order valence-electron chi connectivity index (χ2n) is 5.51. The van der Waals surface area contributed by atoms with E-state index in [-0.39, 0.29) is 23.4 Å². The summed E-state index contributed by atoms with van der Waals surface area (Å²) in [6, 6.07) is 0. The highest BCUT2D eigenvalue weighted by Gasteiger charge is 2.48. The predicted octanol–water partition coefficient (Wildman–Crippen LogP) is 3.41. The lowest BCUT2D eigenvalue weighted by Crippen LogP contribution is -2.41. The summed E-state index contributed by atoms with van der Waals surface area (Å²) in [6.07, 6.45) is 3.81. The molecule has 0 unspecified atom stereocenters. The lowest BCUT2D eigenvalue weighted by atomic mass is 9.62. The summed E-state index contributed by atoms with van der Waals surface area (Å²) in [7, 11) is 0. The fraction of sp³-hybridized carbons (Fsp3) is 0.533. The highest BCUT2D eigenvalue weighted by atomic mass is 16.5. The summed E-state index contributed by atoms with van der Waals surface area (Å²) < 4.78 is 5.53. The standard InChI is InChI=1S/C15H20O2/c1-6-15(5)8-7-11-10(4)14(16)17-13(11)12(15)9(2)3/h6,12-13H,1-2,7-8H2,3-5H3/t12-,13+,15-/m0/s1. The third kappa shape index (κ3) is 1.67. The largest absolute Gasteiger partial charge is 0.454 e. The molecule has 0 aromatic heterocycles. The zero-order valence-corrected chi connectivity index (χ0v) is 10.9. The average molecular weight is 232 g/mol. The third-order valence-corrected chi connectivity index (χ3v) is 4.31. The highest BCUT2D eigenvalue weighted by Crippen LogP contribution is 2.51. The highest BCUT2D eigenvalue weighted by molar-refractivity contribution is 5.91. The summed E-state index contributed by atoms with van der Waals surface area (Å²) >= 11 is 0. The number of allylic oxidation sites excluding steroid dienone is 1. The maximum absolute atomic E-state index is 11.7. The van der Waals surface area contributed by atoms with Gasteiger partial charge in [0.25, 0.3) is 0 Å². The molecule has 2 nitrogen and oxygen atoms in total. The van der Waals surface area contributed by atoms with Crippen LogP contribution in [0.3, 0.4) is 0 Å². The van der Waals surface area contributed by atoms with Crippen LogP contribution >= 0.6 is 0 Å². The van der Waals surface area contributed by atoms with Crippen molar-refractivity contribution < 1.29 is 9.53 Å². The van der Waals surface area contributed by atoms with Gasteiger partial charge in [-0.05, 0) is 37.7 Å². The minimum absolute atomic E-state index is 0.0229. The molecule has 1 aliphatic carbocycles. The van der Waals surface area contributed by atoms with Crippen molar-refractivity contribution in [1.29, 1.82) is 0 Å². The first-order valence-electron chi connectivity index (χ1n) is 6.10. The number of esters is 1. The average Bonchev–Trinajstić information content (AvgIpc) is 2.54. The third-order valence-electron chi connectivity index (χ3n) is 4.31. The van der Waals surface area contributed by atoms with E-state index in [1.54, 1.807) is 0 Å². The summed E-state index contributed by atoms with van der Waals surface area (Å²) in [5.74, 6) is -0.00490. The molecule has 2 heteroatoms. The van der Waals surface area contributed by atoms with Crippen LogP contribution in [0.1, 0.15) is 33.6 Å². The molecule has 0 spiro atoms. The molecule has 0 aromatic rings. The molecule has 0 amide bonds. The summed E-state index contributed by atoms with van der Waals surface area (Å²) in [5, 5.41) is 0. The Labute approximate surface area is 103 Å². The van der Waals surface area contributed by atoms with Crippen molar-refractivity contribution in [2.75, 3.05) is 0 Å². The van der Waals surface area contributed by atoms with E-state index in [0.717, 1.165) is 24.0 Å². The maximum Gasteiger partial charge on any atom is 0.334 e. The van der Waals surface area contributed by atoms with E-state index in [2.05, 4.69) is 20.1 Å². The van der Waals surface area contributed by atoms with Crippen LogP contribution in [0.25, 0.3) is 0 Å². The Hall–Kier alpha value is -1.31. The van der Waals surface area contributed by atoms with Crippen molar-refractivity contribution in [2.24, 2.45) is 11.3 Å². The molecule has 92 valence electrons. The quantitative estimate of drug-likeness (QED) is 0.538. The Morgan fingerprint density at radius 3 is 2.76 bits per heavy atom. The van der Waals surface area contributed by atoms with Gasteiger partial charge in [0, 0.05) is 11.5 Å². The first-order chi connectivity index (χ1) is 7.90. The SMILES string of the molecule is C=C[C@@]1(C)CCC2=C(C)C(=O)O[C@H]2[C@@H]1C(=C)C. The number of fused-ring (bicyclic) bond motifs is 1. The van der Waals surface area contributed by atoms with E-state index in [9.17, 15) is 4.79 Å². The molecule has 0 bridgehead atoms. The van der Waals surface area contributed by atoms with Gasteiger partial charge in [-0.2, -0.15) is 0 Å². The molecular weight excluding hydrogens is 212 g/mol. The second-order valence-corrected chi connectivity index (χ2v) is 5.51. The van der Waals surface area contributed by atoms with E-state index in [1.807, 2.05) is 19.9 Å². The van der Waals surface area contributed by atoms with E-state index in [1.165, 1.54) is 5.57 Å². The normalized spacial score (nSPS) is 36.5. The molecule has 1 fully saturated rings. The van der Waals surface area contributed by atoms with Crippen LogP contribution in [0.15, 0.2) is 36.0 Å². The molecule has 3 atom stereocenters. The number of ether oxygens (including phenoxy) is 1. The topological polar surface area (TPSA) is 26.3 Å². The van der Waals surface area contributed by atoms with Gasteiger partial charge in [-0.3, -0.25) is 0 Å².